The van der Waals surface area contributed by atoms with Crippen LogP contribution in [0.25, 0.3) is 22.1 Å². The molecule has 3 heterocycles. The van der Waals surface area contributed by atoms with E-state index in [1.165, 1.54) is 10.9 Å². The van der Waals surface area contributed by atoms with Crippen molar-refractivity contribution in [2.24, 2.45) is 7.05 Å². The van der Waals surface area contributed by atoms with E-state index in [4.69, 9.17) is 4.42 Å². The average Bonchev–Trinajstić information content (AvgIpc) is 3.29. The lowest BCUT2D eigenvalue weighted by atomic mass is 10.2. The van der Waals surface area contributed by atoms with Crippen LogP contribution in [0.2, 0.25) is 0 Å². The molecule has 8 heteroatoms. The van der Waals surface area contributed by atoms with Gasteiger partial charge in [-0.15, -0.1) is 0 Å². The summed E-state index contributed by atoms with van der Waals surface area (Å²) in [6.45, 7) is 2.17. The predicted molar refractivity (Wildman–Crippen MR) is 117 cm³/mol. The van der Waals surface area contributed by atoms with E-state index in [-0.39, 0.29) is 22.2 Å². The normalized spacial score (nSPS) is 11.3. The van der Waals surface area contributed by atoms with Gasteiger partial charge in [-0.3, -0.25) is 14.9 Å². The summed E-state index contributed by atoms with van der Waals surface area (Å²) in [7, 11) is 1.58. The Bertz CT molecular complexity index is 1490. The highest BCUT2D eigenvalue weighted by Gasteiger charge is 2.24. The molecule has 31 heavy (non-hydrogen) atoms. The number of nitrogens with zero attached hydrogens (tertiary/aromatic N) is 4. The number of rotatable bonds is 4. The first kappa shape index (κ1) is 18.8. The molecule has 0 aliphatic heterocycles. The summed E-state index contributed by atoms with van der Waals surface area (Å²) in [4.78, 5) is 34.6. The topological polar surface area (TPSA) is 94.9 Å². The summed E-state index contributed by atoms with van der Waals surface area (Å²) in [5.74, 6) is 0.254. The largest absolute Gasteiger partial charge is 0.442 e. The van der Waals surface area contributed by atoms with Crippen molar-refractivity contribution < 1.29 is 9.21 Å². The van der Waals surface area contributed by atoms with Crippen LogP contribution in [0.5, 0.6) is 0 Å². The number of aryl methyl sites for hydroxylation is 2. The molecule has 1 N–H and O–H groups in total. The second-order valence-electron chi connectivity index (χ2n) is 7.32. The summed E-state index contributed by atoms with van der Waals surface area (Å²) in [5, 5.41) is 3.04. The van der Waals surface area contributed by atoms with Gasteiger partial charge >= 0.3 is 0 Å². The minimum atomic E-state index is -0.467. The molecule has 0 atom stereocenters. The minimum Gasteiger partial charge on any atom is -0.442 e. The number of nitrogens with one attached hydrogen (secondary N) is 1. The zero-order chi connectivity index (χ0) is 21.5. The van der Waals surface area contributed by atoms with E-state index in [2.05, 4.69) is 15.3 Å². The van der Waals surface area contributed by atoms with E-state index in [1.54, 1.807) is 14.0 Å². The number of hydrogen-bond acceptors (Lipinski definition) is 5. The molecule has 8 nitrogen and oxygen atoms in total. The van der Waals surface area contributed by atoms with E-state index < -0.39 is 5.91 Å². The molecule has 0 radical (unpaired) electrons. The van der Waals surface area contributed by atoms with Crippen LogP contribution in [0, 0.1) is 6.92 Å². The Hall–Kier alpha value is -4.20. The Morgan fingerprint density at radius 1 is 1.10 bits per heavy atom. The Morgan fingerprint density at radius 2 is 1.84 bits per heavy atom. The third kappa shape index (κ3) is 3.18. The fraction of sp³-hybridized carbons (Fsp3) is 0.130. The Kier molecular flexibility index (Phi) is 4.39. The molecule has 1 amide bonds. The lowest BCUT2D eigenvalue weighted by Crippen LogP contribution is -2.21. The lowest BCUT2D eigenvalue weighted by molar-refractivity contribution is 0.102. The first-order chi connectivity index (χ1) is 15.0. The molecule has 5 rings (SSSR count). The molecular weight excluding hydrogens is 394 g/mol. The van der Waals surface area contributed by atoms with E-state index in [0.717, 1.165) is 16.6 Å². The second-order valence-corrected chi connectivity index (χ2v) is 7.32. The summed E-state index contributed by atoms with van der Waals surface area (Å²) in [6, 6.07) is 17.6. The van der Waals surface area contributed by atoms with Crippen LogP contribution in [-0.2, 0) is 13.6 Å². The molecule has 3 aromatic heterocycles. The van der Waals surface area contributed by atoms with Gasteiger partial charge < -0.3 is 13.6 Å². The van der Waals surface area contributed by atoms with Gasteiger partial charge in [-0.2, -0.15) is 0 Å². The molecule has 2 aromatic carbocycles. The number of anilines is 1. The molecule has 0 aliphatic carbocycles. The lowest BCUT2D eigenvalue weighted by Gasteiger charge is -2.10. The number of para-hydroxylation sites is 2. The number of aromatic nitrogens is 4. The average molecular weight is 413 g/mol. The van der Waals surface area contributed by atoms with Crippen molar-refractivity contribution in [1.29, 1.82) is 0 Å². The highest BCUT2D eigenvalue weighted by Crippen LogP contribution is 2.25. The van der Waals surface area contributed by atoms with Crippen LogP contribution in [0.4, 0.5) is 5.95 Å². The van der Waals surface area contributed by atoms with Crippen molar-refractivity contribution in [1.82, 2.24) is 19.1 Å². The van der Waals surface area contributed by atoms with Crippen molar-refractivity contribution >= 4 is 34.0 Å². The Labute approximate surface area is 176 Å². The maximum atomic E-state index is 13.3. The van der Waals surface area contributed by atoms with Crippen molar-refractivity contribution in [3.63, 3.8) is 0 Å². The summed E-state index contributed by atoms with van der Waals surface area (Å²) in [5.41, 5.74) is 2.70. The molecule has 5 aromatic rings. The molecular formula is C23H19N5O3. The summed E-state index contributed by atoms with van der Waals surface area (Å²) in [6.07, 6.45) is 1.37. The number of furan rings is 1. The van der Waals surface area contributed by atoms with E-state index in [9.17, 15) is 9.59 Å². The van der Waals surface area contributed by atoms with Gasteiger partial charge in [0.1, 0.15) is 17.5 Å². The van der Waals surface area contributed by atoms with Gasteiger partial charge in [-0.05, 0) is 24.6 Å². The van der Waals surface area contributed by atoms with Gasteiger partial charge in [0.2, 0.25) is 11.7 Å². The number of carbonyl (C=O) groups is 1. The van der Waals surface area contributed by atoms with Gasteiger partial charge in [0.05, 0.1) is 23.1 Å². The standard InChI is InChI=1S/C23H19N5O3/c1-14-18(19-21(31-14)24-13-27(2)22(19)30)20(29)26-23-25-16-10-6-7-11-17(16)28(23)12-15-8-4-3-5-9-15/h3-11,13H,12H2,1-2H3,(H,25,26,29). The van der Waals surface area contributed by atoms with E-state index in [1.807, 2.05) is 59.2 Å². The maximum absolute atomic E-state index is 13.3. The predicted octanol–water partition coefficient (Wildman–Crippen LogP) is 3.49. The van der Waals surface area contributed by atoms with Crippen LogP contribution >= 0.6 is 0 Å². The van der Waals surface area contributed by atoms with E-state index >= 15 is 0 Å². The van der Waals surface area contributed by atoms with Gasteiger partial charge in [-0.25, -0.2) is 9.97 Å². The van der Waals surface area contributed by atoms with Crippen molar-refractivity contribution in [3.8, 4) is 0 Å². The number of amides is 1. The maximum Gasteiger partial charge on any atom is 0.265 e. The number of imidazole rings is 1. The molecule has 0 bridgehead atoms. The highest BCUT2D eigenvalue weighted by atomic mass is 16.3. The third-order valence-corrected chi connectivity index (χ3v) is 5.24. The van der Waals surface area contributed by atoms with Crippen LogP contribution in [-0.4, -0.2) is 25.0 Å². The van der Waals surface area contributed by atoms with Crippen molar-refractivity contribution in [2.45, 2.75) is 13.5 Å². The number of carbonyl (C=O) groups excluding carboxylic acids is 1. The third-order valence-electron chi connectivity index (χ3n) is 5.24. The van der Waals surface area contributed by atoms with Crippen LogP contribution in [0.1, 0.15) is 21.7 Å². The molecule has 0 aliphatic rings. The van der Waals surface area contributed by atoms with Gasteiger partial charge in [0.25, 0.3) is 11.5 Å². The summed E-state index contributed by atoms with van der Waals surface area (Å²) >= 11 is 0. The Balaban J connectivity index is 1.60. The number of benzene rings is 2. The number of hydrogen-bond donors (Lipinski definition) is 1. The molecule has 154 valence electrons. The van der Waals surface area contributed by atoms with Gasteiger partial charge in [0.15, 0.2) is 0 Å². The van der Waals surface area contributed by atoms with Crippen molar-refractivity contribution in [2.75, 3.05) is 5.32 Å². The smallest absolute Gasteiger partial charge is 0.265 e. The molecule has 0 fully saturated rings. The fourth-order valence-electron chi connectivity index (χ4n) is 3.72. The van der Waals surface area contributed by atoms with Crippen LogP contribution in [0.15, 0.2) is 70.1 Å². The van der Waals surface area contributed by atoms with Crippen LogP contribution < -0.4 is 10.9 Å². The van der Waals surface area contributed by atoms with Crippen molar-refractivity contribution in [3.05, 3.63) is 88.2 Å². The Morgan fingerprint density at radius 3 is 2.65 bits per heavy atom. The zero-order valence-corrected chi connectivity index (χ0v) is 17.0. The van der Waals surface area contributed by atoms with Crippen LogP contribution in [0.3, 0.4) is 0 Å². The quantitative estimate of drug-likeness (QED) is 0.487. The number of fused-ring (bicyclic) bond motifs is 2. The molecule has 0 saturated heterocycles. The van der Waals surface area contributed by atoms with Gasteiger partial charge in [0, 0.05) is 7.05 Å². The molecule has 0 saturated carbocycles. The second kappa shape index (κ2) is 7.24. The minimum absolute atomic E-state index is 0.142. The molecule has 0 unspecified atom stereocenters. The zero-order valence-electron chi connectivity index (χ0n) is 17.0. The first-order valence-electron chi connectivity index (χ1n) is 9.78. The summed E-state index contributed by atoms with van der Waals surface area (Å²) < 4.78 is 8.83. The monoisotopic (exact) mass is 413 g/mol. The van der Waals surface area contributed by atoms with E-state index in [0.29, 0.717) is 18.3 Å². The first-order valence-corrected chi connectivity index (χ1v) is 9.78. The molecule has 0 spiro atoms. The fourth-order valence-corrected chi connectivity index (χ4v) is 3.72. The highest BCUT2D eigenvalue weighted by molar-refractivity contribution is 6.12. The van der Waals surface area contributed by atoms with Gasteiger partial charge in [-0.1, -0.05) is 42.5 Å². The SMILES string of the molecule is Cc1oc2ncn(C)c(=O)c2c1C(=O)Nc1nc2ccccc2n1Cc1ccccc1.